The zero-order valence-electron chi connectivity index (χ0n) is 17.8. The van der Waals surface area contributed by atoms with E-state index in [1.165, 1.54) is 23.9 Å². The molecule has 2 aromatic carbocycles. The summed E-state index contributed by atoms with van der Waals surface area (Å²) in [6.45, 7) is 3.75. The first-order valence-electron chi connectivity index (χ1n) is 9.89. The summed E-state index contributed by atoms with van der Waals surface area (Å²) in [5, 5.41) is 19.3. The first-order valence-corrected chi connectivity index (χ1v) is 9.89. The van der Waals surface area contributed by atoms with E-state index in [2.05, 4.69) is 15.4 Å². The Labute approximate surface area is 183 Å². The van der Waals surface area contributed by atoms with Gasteiger partial charge >= 0.3 is 0 Å². The van der Waals surface area contributed by atoms with Crippen molar-refractivity contribution in [3.63, 3.8) is 0 Å². The zero-order valence-corrected chi connectivity index (χ0v) is 17.8. The lowest BCUT2D eigenvalue weighted by molar-refractivity contribution is -0.384. The van der Waals surface area contributed by atoms with E-state index in [0.717, 1.165) is 27.8 Å². The van der Waals surface area contributed by atoms with Gasteiger partial charge in [0.15, 0.2) is 5.65 Å². The number of ether oxygens (including phenoxy) is 1. The second kappa shape index (κ2) is 8.46. The van der Waals surface area contributed by atoms with Crippen LogP contribution in [0.15, 0.2) is 54.7 Å². The van der Waals surface area contributed by atoms with E-state index >= 15 is 0 Å². The number of carbonyl (C=O) groups excluding carboxylic acids is 1. The first-order chi connectivity index (χ1) is 15.4. The number of aryl methyl sites for hydroxylation is 2. The van der Waals surface area contributed by atoms with Crippen LogP contribution in [0.1, 0.15) is 11.3 Å². The number of fused-ring (bicyclic) bond motifs is 1. The van der Waals surface area contributed by atoms with Gasteiger partial charge in [-0.2, -0.15) is 5.10 Å². The number of pyridine rings is 1. The Hall–Kier alpha value is -4.27. The smallest absolute Gasteiger partial charge is 0.296 e. The Morgan fingerprint density at radius 2 is 1.91 bits per heavy atom. The van der Waals surface area contributed by atoms with Gasteiger partial charge in [0, 0.05) is 11.6 Å². The molecular formula is C23H21N5O4. The Morgan fingerprint density at radius 3 is 2.59 bits per heavy atom. The second-order valence-electron chi connectivity index (χ2n) is 7.35. The van der Waals surface area contributed by atoms with Gasteiger partial charge in [0.05, 0.1) is 23.8 Å². The summed E-state index contributed by atoms with van der Waals surface area (Å²) in [6, 6.07) is 14.3. The molecule has 0 saturated heterocycles. The lowest BCUT2D eigenvalue weighted by atomic mass is 10.0. The average molecular weight is 431 g/mol. The van der Waals surface area contributed by atoms with Gasteiger partial charge in [-0.1, -0.05) is 29.8 Å². The van der Waals surface area contributed by atoms with E-state index in [1.807, 2.05) is 44.2 Å². The van der Waals surface area contributed by atoms with Gasteiger partial charge in [-0.3, -0.25) is 14.9 Å². The summed E-state index contributed by atoms with van der Waals surface area (Å²) in [5.41, 5.74) is 4.32. The molecule has 162 valence electrons. The molecule has 0 atom stereocenters. The van der Waals surface area contributed by atoms with E-state index in [0.29, 0.717) is 11.4 Å². The van der Waals surface area contributed by atoms with Crippen molar-refractivity contribution < 1.29 is 14.5 Å². The third kappa shape index (κ3) is 4.00. The largest absolute Gasteiger partial charge is 0.496 e. The Morgan fingerprint density at radius 1 is 1.16 bits per heavy atom. The summed E-state index contributed by atoms with van der Waals surface area (Å²) in [5.74, 6) is -0.124. The molecule has 4 rings (SSSR count). The number of hydrogen-bond acceptors (Lipinski definition) is 6. The van der Waals surface area contributed by atoms with Crippen LogP contribution in [0, 0.1) is 24.0 Å². The Kier molecular flexibility index (Phi) is 5.55. The molecule has 0 bridgehead atoms. The summed E-state index contributed by atoms with van der Waals surface area (Å²) in [7, 11) is 1.42. The molecule has 0 saturated carbocycles. The van der Waals surface area contributed by atoms with Crippen LogP contribution in [-0.2, 0) is 11.3 Å². The summed E-state index contributed by atoms with van der Waals surface area (Å²) >= 11 is 0. The number of rotatable bonds is 6. The quantitative estimate of drug-likeness (QED) is 0.360. The number of hydrogen-bond donors (Lipinski definition) is 1. The van der Waals surface area contributed by atoms with Crippen LogP contribution in [0.5, 0.6) is 5.75 Å². The molecule has 1 amide bonds. The zero-order chi connectivity index (χ0) is 22.8. The van der Waals surface area contributed by atoms with Crippen molar-refractivity contribution in [1.82, 2.24) is 14.8 Å². The number of aromatic nitrogens is 3. The molecular weight excluding hydrogens is 410 g/mol. The SMILES string of the molecule is COc1ccc(NC(=O)Cn2nc(C)c3c(-c4ccc(C)cc4)ccnc32)c([N+](=O)[O-])c1. The lowest BCUT2D eigenvalue weighted by Gasteiger charge is -2.08. The number of anilines is 1. The summed E-state index contributed by atoms with van der Waals surface area (Å²) < 4.78 is 6.53. The Balaban J connectivity index is 1.64. The maximum atomic E-state index is 12.7. The van der Waals surface area contributed by atoms with Gasteiger partial charge in [-0.15, -0.1) is 0 Å². The van der Waals surface area contributed by atoms with Crippen molar-refractivity contribution in [2.45, 2.75) is 20.4 Å². The highest BCUT2D eigenvalue weighted by Gasteiger charge is 2.20. The number of amides is 1. The van der Waals surface area contributed by atoms with Crippen LogP contribution < -0.4 is 10.1 Å². The predicted octanol–water partition coefficient (Wildman–Crippen LogP) is 4.27. The molecule has 2 heterocycles. The van der Waals surface area contributed by atoms with E-state index in [-0.39, 0.29) is 17.9 Å². The number of benzene rings is 2. The minimum atomic E-state index is -0.568. The number of carbonyl (C=O) groups is 1. The molecule has 9 heteroatoms. The topological polar surface area (TPSA) is 112 Å². The molecule has 32 heavy (non-hydrogen) atoms. The van der Waals surface area contributed by atoms with Crippen molar-refractivity contribution in [3.05, 3.63) is 76.1 Å². The maximum absolute atomic E-state index is 12.7. The molecule has 9 nitrogen and oxygen atoms in total. The average Bonchev–Trinajstić information content (AvgIpc) is 3.09. The van der Waals surface area contributed by atoms with E-state index < -0.39 is 10.8 Å². The molecule has 1 N–H and O–H groups in total. The highest BCUT2D eigenvalue weighted by Crippen LogP contribution is 2.31. The van der Waals surface area contributed by atoms with Crippen molar-refractivity contribution in [2.75, 3.05) is 12.4 Å². The minimum Gasteiger partial charge on any atom is -0.496 e. The fourth-order valence-corrected chi connectivity index (χ4v) is 3.59. The van der Waals surface area contributed by atoms with E-state index in [4.69, 9.17) is 4.74 Å². The van der Waals surface area contributed by atoms with Crippen molar-refractivity contribution >= 4 is 28.3 Å². The van der Waals surface area contributed by atoms with Crippen LogP contribution in [0.4, 0.5) is 11.4 Å². The molecule has 4 aromatic rings. The van der Waals surface area contributed by atoms with Gasteiger partial charge in [0.2, 0.25) is 5.91 Å². The molecule has 0 aliphatic heterocycles. The normalized spacial score (nSPS) is 10.8. The summed E-state index contributed by atoms with van der Waals surface area (Å²) in [6.07, 6.45) is 1.68. The van der Waals surface area contributed by atoms with Crippen LogP contribution in [-0.4, -0.2) is 32.7 Å². The first kappa shape index (κ1) is 21.0. The fraction of sp³-hybridized carbons (Fsp3) is 0.174. The van der Waals surface area contributed by atoms with Gasteiger partial charge in [0.25, 0.3) is 5.69 Å². The number of nitrogens with zero attached hydrogens (tertiary/aromatic N) is 4. The highest BCUT2D eigenvalue weighted by molar-refractivity contribution is 5.97. The second-order valence-corrected chi connectivity index (χ2v) is 7.35. The molecule has 2 aromatic heterocycles. The van der Waals surface area contributed by atoms with Gasteiger partial charge in [0.1, 0.15) is 18.0 Å². The monoisotopic (exact) mass is 431 g/mol. The third-order valence-electron chi connectivity index (χ3n) is 5.14. The van der Waals surface area contributed by atoms with Gasteiger partial charge in [-0.05, 0) is 43.2 Å². The fourth-order valence-electron chi connectivity index (χ4n) is 3.59. The third-order valence-corrected chi connectivity index (χ3v) is 5.14. The van der Waals surface area contributed by atoms with E-state index in [1.54, 1.807) is 12.3 Å². The molecule has 0 fully saturated rings. The molecule has 0 radical (unpaired) electrons. The molecule has 0 aliphatic rings. The number of nitrogens with one attached hydrogen (secondary N) is 1. The van der Waals surface area contributed by atoms with E-state index in [9.17, 15) is 14.9 Å². The van der Waals surface area contributed by atoms with Crippen LogP contribution in [0.25, 0.3) is 22.2 Å². The lowest BCUT2D eigenvalue weighted by Crippen LogP contribution is -2.20. The molecule has 0 aliphatic carbocycles. The maximum Gasteiger partial charge on any atom is 0.296 e. The van der Waals surface area contributed by atoms with Crippen molar-refractivity contribution in [1.29, 1.82) is 0 Å². The predicted molar refractivity (Wildman–Crippen MR) is 121 cm³/mol. The number of nitro groups is 1. The Bertz CT molecular complexity index is 1330. The van der Waals surface area contributed by atoms with Gasteiger partial charge < -0.3 is 10.1 Å². The van der Waals surface area contributed by atoms with Crippen LogP contribution in [0.2, 0.25) is 0 Å². The van der Waals surface area contributed by atoms with Crippen molar-refractivity contribution in [2.24, 2.45) is 0 Å². The van der Waals surface area contributed by atoms with Crippen molar-refractivity contribution in [3.8, 4) is 16.9 Å². The van der Waals surface area contributed by atoms with Crippen LogP contribution >= 0.6 is 0 Å². The molecule has 0 unspecified atom stereocenters. The standard InChI is InChI=1S/C23H21N5O4/c1-14-4-6-16(7-5-14)18-10-11-24-23-22(18)15(2)26-27(23)13-21(29)25-19-9-8-17(32-3)12-20(19)28(30)31/h4-12H,13H2,1-3H3,(H,25,29). The van der Waals surface area contributed by atoms with Crippen LogP contribution in [0.3, 0.4) is 0 Å². The molecule has 0 spiro atoms. The number of nitro benzene ring substituents is 1. The summed E-state index contributed by atoms with van der Waals surface area (Å²) in [4.78, 5) is 27.9. The van der Waals surface area contributed by atoms with Gasteiger partial charge in [-0.25, -0.2) is 9.67 Å². The highest BCUT2D eigenvalue weighted by atomic mass is 16.6. The number of methoxy groups -OCH3 is 1. The minimum absolute atomic E-state index is 0.0855.